The van der Waals surface area contributed by atoms with Crippen LogP contribution in [0.5, 0.6) is 0 Å². The van der Waals surface area contributed by atoms with Crippen LogP contribution in [0.2, 0.25) is 0 Å². The second-order valence-corrected chi connectivity index (χ2v) is 4.40. The average molecular weight is 230 g/mol. The maximum atomic E-state index is 13.2. The molecule has 0 amide bonds. The first-order chi connectivity index (χ1) is 7.32. The summed E-state index contributed by atoms with van der Waals surface area (Å²) < 4.78 is 17.7. The van der Waals surface area contributed by atoms with Gasteiger partial charge in [0.1, 0.15) is 0 Å². The number of carboxylic acid groups (broad SMARTS) is 1. The topological polar surface area (TPSA) is 63.6 Å². The minimum absolute atomic E-state index is 0.0938. The van der Waals surface area contributed by atoms with Crippen LogP contribution in [0, 0.1) is 17.3 Å². The average Bonchev–Trinajstić information content (AvgIpc) is 2.68. The molecule has 1 aliphatic rings. The number of carbonyl (C=O) groups excluding carboxylic acids is 1. The lowest BCUT2D eigenvalue weighted by molar-refractivity contribution is -0.141. The fourth-order valence-electron chi connectivity index (χ4n) is 1.89. The zero-order valence-corrected chi connectivity index (χ0v) is 9.49. The van der Waals surface area contributed by atoms with Gasteiger partial charge in [0.25, 0.3) is 0 Å². The quantitative estimate of drug-likeness (QED) is 0.590. The predicted molar refractivity (Wildman–Crippen MR) is 54.2 cm³/mol. The summed E-state index contributed by atoms with van der Waals surface area (Å²) in [6.07, 6.45) is 1.05. The van der Waals surface area contributed by atoms with Crippen LogP contribution >= 0.6 is 0 Å². The molecule has 4 nitrogen and oxygen atoms in total. The van der Waals surface area contributed by atoms with Crippen LogP contribution < -0.4 is 0 Å². The number of carbonyl (C=O) groups is 2. The minimum Gasteiger partial charge on any atom is -0.481 e. The van der Waals surface area contributed by atoms with Crippen molar-refractivity contribution < 1.29 is 23.8 Å². The molecule has 16 heavy (non-hydrogen) atoms. The molecule has 1 fully saturated rings. The monoisotopic (exact) mass is 230 g/mol. The van der Waals surface area contributed by atoms with Crippen LogP contribution in [0.25, 0.3) is 0 Å². The highest BCUT2D eigenvalue weighted by molar-refractivity contribution is 5.86. The van der Waals surface area contributed by atoms with Gasteiger partial charge in [-0.25, -0.2) is 4.79 Å². The van der Waals surface area contributed by atoms with Crippen molar-refractivity contribution in [3.8, 4) is 0 Å². The lowest BCUT2D eigenvalue weighted by atomic mass is 10.1. The first-order valence-corrected chi connectivity index (χ1v) is 5.09. The number of carboxylic acids is 1. The first kappa shape index (κ1) is 12.7. The Morgan fingerprint density at radius 3 is 2.44 bits per heavy atom. The molecule has 0 saturated heterocycles. The van der Waals surface area contributed by atoms with E-state index in [1.165, 1.54) is 0 Å². The Kier molecular flexibility index (Phi) is 3.35. The minimum atomic E-state index is -1.03. The molecule has 0 aromatic rings. The van der Waals surface area contributed by atoms with Gasteiger partial charge in [0.2, 0.25) is 5.83 Å². The SMILES string of the molecule is CCOC(=O)/C(F)=C\[C@H]1[C@@H](C(=O)O)C1(C)C. The van der Waals surface area contributed by atoms with E-state index in [1.807, 2.05) is 0 Å². The molecule has 5 heteroatoms. The molecule has 0 heterocycles. The molecule has 0 aromatic carbocycles. The Balaban J connectivity index is 2.72. The van der Waals surface area contributed by atoms with E-state index < -0.39 is 35.0 Å². The third-order valence-corrected chi connectivity index (χ3v) is 2.97. The Bertz CT molecular complexity index is 346. The fourth-order valence-corrected chi connectivity index (χ4v) is 1.89. The molecule has 1 rings (SSSR count). The number of hydrogen-bond acceptors (Lipinski definition) is 3. The molecule has 90 valence electrons. The van der Waals surface area contributed by atoms with Gasteiger partial charge in [-0.3, -0.25) is 4.79 Å². The zero-order valence-electron chi connectivity index (χ0n) is 9.49. The molecule has 0 unspecified atom stereocenters. The maximum Gasteiger partial charge on any atom is 0.366 e. The lowest BCUT2D eigenvalue weighted by Gasteiger charge is -1.99. The third-order valence-electron chi connectivity index (χ3n) is 2.97. The van der Waals surface area contributed by atoms with E-state index in [2.05, 4.69) is 4.74 Å². The third kappa shape index (κ3) is 2.23. The van der Waals surface area contributed by atoms with Gasteiger partial charge in [0.05, 0.1) is 12.5 Å². The van der Waals surface area contributed by atoms with Gasteiger partial charge in [-0.1, -0.05) is 13.8 Å². The number of rotatable bonds is 4. The van der Waals surface area contributed by atoms with Gasteiger partial charge in [0.15, 0.2) is 0 Å². The van der Waals surface area contributed by atoms with Crippen molar-refractivity contribution in [3.63, 3.8) is 0 Å². The summed E-state index contributed by atoms with van der Waals surface area (Å²) >= 11 is 0. The molecule has 1 aliphatic carbocycles. The second kappa shape index (κ2) is 4.23. The van der Waals surface area contributed by atoms with Crippen molar-refractivity contribution in [2.45, 2.75) is 20.8 Å². The van der Waals surface area contributed by atoms with Gasteiger partial charge in [-0.15, -0.1) is 0 Å². The van der Waals surface area contributed by atoms with E-state index in [-0.39, 0.29) is 6.61 Å². The maximum absolute atomic E-state index is 13.2. The Morgan fingerprint density at radius 1 is 1.50 bits per heavy atom. The number of hydrogen-bond donors (Lipinski definition) is 1. The van der Waals surface area contributed by atoms with E-state index in [0.29, 0.717) is 0 Å². The van der Waals surface area contributed by atoms with Gasteiger partial charge in [-0.2, -0.15) is 4.39 Å². The summed E-state index contributed by atoms with van der Waals surface area (Å²) in [7, 11) is 0. The summed E-state index contributed by atoms with van der Waals surface area (Å²) in [4.78, 5) is 21.8. The molecule has 0 bridgehead atoms. The van der Waals surface area contributed by atoms with Gasteiger partial charge in [-0.05, 0) is 24.3 Å². The molecule has 2 atom stereocenters. The predicted octanol–water partition coefficient (Wildman–Crippen LogP) is 1.76. The molecule has 0 aliphatic heterocycles. The molecular weight excluding hydrogens is 215 g/mol. The van der Waals surface area contributed by atoms with Gasteiger partial charge in [0, 0.05) is 0 Å². The van der Waals surface area contributed by atoms with Gasteiger partial charge < -0.3 is 9.84 Å². The molecule has 1 saturated carbocycles. The second-order valence-electron chi connectivity index (χ2n) is 4.40. The normalized spacial score (nSPS) is 27.4. The summed E-state index contributed by atoms with van der Waals surface area (Å²) in [5.74, 6) is -4.09. The lowest BCUT2D eigenvalue weighted by Crippen LogP contribution is -2.05. The Labute approximate surface area is 93.1 Å². The van der Waals surface area contributed by atoms with Crippen molar-refractivity contribution in [2.75, 3.05) is 6.61 Å². The highest BCUT2D eigenvalue weighted by Crippen LogP contribution is 2.59. The van der Waals surface area contributed by atoms with E-state index in [0.717, 1.165) is 6.08 Å². The standard InChI is InChI=1S/C11H15FO4/c1-4-16-10(15)7(12)5-6-8(9(13)14)11(6,2)3/h5-6,8H,4H2,1-3H3,(H,13,14)/b7-5+/t6-,8-/m0/s1. The van der Waals surface area contributed by atoms with E-state index >= 15 is 0 Å². The van der Waals surface area contributed by atoms with Crippen molar-refractivity contribution in [1.29, 1.82) is 0 Å². The van der Waals surface area contributed by atoms with Crippen LogP contribution in [0.15, 0.2) is 11.9 Å². The van der Waals surface area contributed by atoms with Crippen LogP contribution in [0.1, 0.15) is 20.8 Å². The van der Waals surface area contributed by atoms with Crippen molar-refractivity contribution in [1.82, 2.24) is 0 Å². The summed E-state index contributed by atoms with van der Waals surface area (Å²) in [6.45, 7) is 5.12. The van der Waals surface area contributed by atoms with Crippen LogP contribution in [0.4, 0.5) is 4.39 Å². The van der Waals surface area contributed by atoms with Crippen molar-refractivity contribution in [3.05, 3.63) is 11.9 Å². The summed E-state index contributed by atoms with van der Waals surface area (Å²) in [6, 6.07) is 0. The first-order valence-electron chi connectivity index (χ1n) is 5.09. The number of esters is 1. The number of ether oxygens (including phenoxy) is 1. The summed E-state index contributed by atoms with van der Waals surface area (Å²) in [5.41, 5.74) is -0.504. The van der Waals surface area contributed by atoms with Crippen LogP contribution in [-0.2, 0) is 14.3 Å². The smallest absolute Gasteiger partial charge is 0.366 e. The highest BCUT2D eigenvalue weighted by atomic mass is 19.1. The number of allylic oxidation sites excluding steroid dienone is 1. The molecule has 0 aromatic heterocycles. The van der Waals surface area contributed by atoms with Crippen molar-refractivity contribution >= 4 is 11.9 Å². The van der Waals surface area contributed by atoms with Crippen molar-refractivity contribution in [2.24, 2.45) is 17.3 Å². The van der Waals surface area contributed by atoms with Crippen LogP contribution in [0.3, 0.4) is 0 Å². The van der Waals surface area contributed by atoms with Crippen LogP contribution in [-0.4, -0.2) is 23.7 Å². The Hall–Kier alpha value is -1.39. The zero-order chi connectivity index (χ0) is 12.5. The number of halogens is 1. The molecular formula is C11H15FO4. The van der Waals surface area contributed by atoms with E-state index in [4.69, 9.17) is 5.11 Å². The molecule has 0 radical (unpaired) electrons. The highest BCUT2D eigenvalue weighted by Gasteiger charge is 2.61. The van der Waals surface area contributed by atoms with E-state index in [1.54, 1.807) is 20.8 Å². The largest absolute Gasteiger partial charge is 0.481 e. The molecule has 0 spiro atoms. The fraction of sp³-hybridized carbons (Fsp3) is 0.636. The molecule has 1 N–H and O–H groups in total. The summed E-state index contributed by atoms with van der Waals surface area (Å²) in [5, 5.41) is 8.85. The van der Waals surface area contributed by atoms with E-state index in [9.17, 15) is 14.0 Å². The van der Waals surface area contributed by atoms with Gasteiger partial charge >= 0.3 is 11.9 Å². The Morgan fingerprint density at radius 2 is 2.06 bits per heavy atom. The number of aliphatic carboxylic acids is 1.